The van der Waals surface area contributed by atoms with Crippen LogP contribution in [0.1, 0.15) is 23.1 Å². The zero-order valence-electron chi connectivity index (χ0n) is 15.0. The first-order valence-electron chi connectivity index (χ1n) is 8.36. The Kier molecular flexibility index (Phi) is 7.35. The molecule has 0 radical (unpaired) electrons. The summed E-state index contributed by atoms with van der Waals surface area (Å²) in [5, 5.41) is 1.74. The monoisotopic (exact) mass is 453 g/mol. The van der Waals surface area contributed by atoms with Gasteiger partial charge in [-0.05, 0) is 41.8 Å². The molecule has 2 aromatic carbocycles. The fourth-order valence-electron chi connectivity index (χ4n) is 2.41. The molecule has 0 unspecified atom stereocenters. The summed E-state index contributed by atoms with van der Waals surface area (Å²) in [5.74, 6) is -2.23. The van der Waals surface area contributed by atoms with E-state index >= 15 is 0 Å². The summed E-state index contributed by atoms with van der Waals surface area (Å²) in [6.45, 7) is -0.311. The number of ketones is 1. The van der Waals surface area contributed by atoms with Crippen LogP contribution in [0.4, 0.5) is 26.3 Å². The topological polar surface area (TPSA) is 55.4 Å². The summed E-state index contributed by atoms with van der Waals surface area (Å²) in [6, 6.07) is 7.89. The molecule has 2 aromatic rings. The normalized spacial score (nSPS) is 11.8. The van der Waals surface area contributed by atoms with Gasteiger partial charge < -0.3 is 10.1 Å². The first-order chi connectivity index (χ1) is 13.8. The van der Waals surface area contributed by atoms with Crippen LogP contribution in [0.15, 0.2) is 42.5 Å². The van der Waals surface area contributed by atoms with Gasteiger partial charge in [-0.3, -0.25) is 9.59 Å². The Balaban J connectivity index is 1.86. The lowest BCUT2D eigenvalue weighted by Crippen LogP contribution is -2.30. The number of benzene rings is 2. The molecule has 0 saturated heterocycles. The van der Waals surface area contributed by atoms with Crippen molar-refractivity contribution in [3.8, 4) is 5.75 Å². The van der Waals surface area contributed by atoms with E-state index in [0.717, 1.165) is 24.3 Å². The third-order valence-corrected chi connectivity index (χ3v) is 4.17. The summed E-state index contributed by atoms with van der Waals surface area (Å²) in [6.07, 6.45) is -9.63. The molecule has 0 fully saturated rings. The molecule has 2 rings (SSSR count). The SMILES string of the molecule is O=C(CCc1ccc(OC(F)(F)F)cc1)C(=O)NCc1ccc(Cl)c(C(F)(F)F)c1. The molecule has 0 bridgehead atoms. The van der Waals surface area contributed by atoms with Crippen LogP contribution in [-0.2, 0) is 28.7 Å². The third kappa shape index (κ3) is 7.25. The fourth-order valence-corrected chi connectivity index (χ4v) is 2.63. The van der Waals surface area contributed by atoms with Crippen LogP contribution in [-0.4, -0.2) is 18.1 Å². The summed E-state index contributed by atoms with van der Waals surface area (Å²) >= 11 is 5.51. The molecular weight excluding hydrogens is 440 g/mol. The highest BCUT2D eigenvalue weighted by atomic mass is 35.5. The molecule has 1 amide bonds. The number of Topliss-reactive ketones (excluding diaryl/α,β-unsaturated/α-hetero) is 1. The minimum Gasteiger partial charge on any atom is -0.406 e. The molecule has 11 heteroatoms. The molecule has 0 atom stereocenters. The van der Waals surface area contributed by atoms with E-state index in [1.54, 1.807) is 0 Å². The van der Waals surface area contributed by atoms with E-state index in [9.17, 15) is 35.9 Å². The highest BCUT2D eigenvalue weighted by Gasteiger charge is 2.33. The second-order valence-electron chi connectivity index (χ2n) is 6.11. The van der Waals surface area contributed by atoms with Crippen molar-refractivity contribution in [3.05, 3.63) is 64.2 Å². The Morgan fingerprint density at radius 1 is 0.933 bits per heavy atom. The lowest BCUT2D eigenvalue weighted by Gasteiger charge is -2.11. The predicted molar refractivity (Wildman–Crippen MR) is 94.8 cm³/mol. The number of hydrogen-bond donors (Lipinski definition) is 1. The summed E-state index contributed by atoms with van der Waals surface area (Å²) < 4.78 is 78.5. The Morgan fingerprint density at radius 2 is 1.53 bits per heavy atom. The van der Waals surface area contributed by atoms with Crippen LogP contribution in [0.2, 0.25) is 5.02 Å². The van der Waals surface area contributed by atoms with E-state index in [1.165, 1.54) is 18.2 Å². The van der Waals surface area contributed by atoms with E-state index in [1.807, 2.05) is 0 Å². The van der Waals surface area contributed by atoms with Crippen molar-refractivity contribution in [3.63, 3.8) is 0 Å². The molecule has 162 valence electrons. The Morgan fingerprint density at radius 3 is 2.10 bits per heavy atom. The number of ether oxygens (including phenoxy) is 1. The minimum absolute atomic E-state index is 0.0811. The quantitative estimate of drug-likeness (QED) is 0.470. The number of carbonyl (C=O) groups is 2. The van der Waals surface area contributed by atoms with E-state index in [-0.39, 0.29) is 24.9 Å². The minimum atomic E-state index is -4.82. The van der Waals surface area contributed by atoms with E-state index in [0.29, 0.717) is 5.56 Å². The van der Waals surface area contributed by atoms with Crippen LogP contribution in [0.3, 0.4) is 0 Å². The molecule has 0 aliphatic rings. The van der Waals surface area contributed by atoms with Gasteiger partial charge in [-0.15, -0.1) is 13.2 Å². The van der Waals surface area contributed by atoms with Gasteiger partial charge in [0.05, 0.1) is 10.6 Å². The molecule has 0 spiro atoms. The number of nitrogens with one attached hydrogen (secondary N) is 1. The molecule has 1 N–H and O–H groups in total. The molecule has 0 aliphatic heterocycles. The van der Waals surface area contributed by atoms with Crippen molar-refractivity contribution in [2.45, 2.75) is 31.9 Å². The van der Waals surface area contributed by atoms with Crippen molar-refractivity contribution < 1.29 is 40.7 Å². The molecule has 0 saturated carbocycles. The molecule has 0 aromatic heterocycles. The highest BCUT2D eigenvalue weighted by Crippen LogP contribution is 2.35. The van der Waals surface area contributed by atoms with Gasteiger partial charge in [0, 0.05) is 13.0 Å². The van der Waals surface area contributed by atoms with Crippen LogP contribution in [0.25, 0.3) is 0 Å². The zero-order chi connectivity index (χ0) is 22.5. The van der Waals surface area contributed by atoms with Gasteiger partial charge in [0.15, 0.2) is 0 Å². The molecule has 30 heavy (non-hydrogen) atoms. The number of carbonyl (C=O) groups excluding carboxylic acids is 2. The van der Waals surface area contributed by atoms with Crippen LogP contribution in [0.5, 0.6) is 5.75 Å². The van der Waals surface area contributed by atoms with Gasteiger partial charge in [0.1, 0.15) is 5.75 Å². The fraction of sp³-hybridized carbons (Fsp3) is 0.263. The Hall–Kier alpha value is -2.75. The number of alkyl halides is 6. The Labute approximate surface area is 171 Å². The smallest absolute Gasteiger partial charge is 0.406 e. The standard InChI is InChI=1S/C19H14ClF6NO3/c20-15-7-3-12(9-14(15)18(21,22)23)10-27-17(29)16(28)8-4-11-1-5-13(6-2-11)30-19(24,25)26/h1-3,5-7,9H,4,8,10H2,(H,27,29). The first-order valence-corrected chi connectivity index (χ1v) is 8.74. The van der Waals surface area contributed by atoms with Crippen LogP contribution >= 0.6 is 11.6 Å². The zero-order valence-corrected chi connectivity index (χ0v) is 15.8. The number of rotatable bonds is 7. The van der Waals surface area contributed by atoms with E-state index in [4.69, 9.17) is 11.6 Å². The van der Waals surface area contributed by atoms with Crippen molar-refractivity contribution in [2.24, 2.45) is 0 Å². The van der Waals surface area contributed by atoms with Crippen molar-refractivity contribution in [2.75, 3.05) is 0 Å². The number of aryl methyl sites for hydroxylation is 1. The Bertz CT molecular complexity index is 910. The van der Waals surface area contributed by atoms with Crippen molar-refractivity contribution in [1.29, 1.82) is 0 Å². The number of halogens is 7. The number of amides is 1. The molecule has 0 heterocycles. The third-order valence-electron chi connectivity index (χ3n) is 3.84. The van der Waals surface area contributed by atoms with Crippen LogP contribution < -0.4 is 10.1 Å². The van der Waals surface area contributed by atoms with Gasteiger partial charge in [-0.2, -0.15) is 13.2 Å². The summed E-state index contributed by atoms with van der Waals surface area (Å²) in [7, 11) is 0. The second-order valence-corrected chi connectivity index (χ2v) is 6.52. The first kappa shape index (κ1) is 23.5. The average Bonchev–Trinajstić information content (AvgIpc) is 2.64. The largest absolute Gasteiger partial charge is 0.573 e. The highest BCUT2D eigenvalue weighted by molar-refractivity contribution is 6.36. The summed E-state index contributed by atoms with van der Waals surface area (Å²) in [5.41, 5.74) is -0.452. The molecule has 0 aliphatic carbocycles. The molecular formula is C19H14ClF6NO3. The molecule has 4 nitrogen and oxygen atoms in total. The van der Waals surface area contributed by atoms with E-state index < -0.39 is 40.6 Å². The maximum absolute atomic E-state index is 12.8. The van der Waals surface area contributed by atoms with Gasteiger partial charge in [0.2, 0.25) is 5.78 Å². The summed E-state index contributed by atoms with van der Waals surface area (Å²) in [4.78, 5) is 23.7. The predicted octanol–water partition coefficient (Wildman–Crippen LogP) is 5.08. The van der Waals surface area contributed by atoms with Gasteiger partial charge >= 0.3 is 12.5 Å². The lowest BCUT2D eigenvalue weighted by atomic mass is 10.1. The van der Waals surface area contributed by atoms with Crippen LogP contribution in [0, 0.1) is 0 Å². The second kappa shape index (κ2) is 9.38. The lowest BCUT2D eigenvalue weighted by molar-refractivity contribution is -0.274. The maximum Gasteiger partial charge on any atom is 0.573 e. The average molecular weight is 454 g/mol. The van der Waals surface area contributed by atoms with E-state index in [2.05, 4.69) is 10.1 Å². The van der Waals surface area contributed by atoms with Crippen molar-refractivity contribution in [1.82, 2.24) is 5.32 Å². The van der Waals surface area contributed by atoms with Gasteiger partial charge in [0.25, 0.3) is 5.91 Å². The number of hydrogen-bond acceptors (Lipinski definition) is 3. The maximum atomic E-state index is 12.8. The van der Waals surface area contributed by atoms with Gasteiger partial charge in [-0.1, -0.05) is 29.8 Å². The van der Waals surface area contributed by atoms with Crippen molar-refractivity contribution >= 4 is 23.3 Å². The van der Waals surface area contributed by atoms with Gasteiger partial charge in [-0.25, -0.2) is 0 Å².